The number of benzene rings is 1. The Balaban J connectivity index is 2.90. The van der Waals surface area contributed by atoms with E-state index in [1.807, 2.05) is 0 Å². The van der Waals surface area contributed by atoms with Gasteiger partial charge in [0, 0.05) is 17.7 Å². The van der Waals surface area contributed by atoms with Gasteiger partial charge in [0.1, 0.15) is 11.5 Å². The van der Waals surface area contributed by atoms with Crippen molar-refractivity contribution >= 4 is 22.0 Å². The largest absolute Gasteiger partial charge is 0.529 e. The minimum Gasteiger partial charge on any atom is -0.394 e. The van der Waals surface area contributed by atoms with Crippen LogP contribution in [0.5, 0.6) is 5.75 Å². The summed E-state index contributed by atoms with van der Waals surface area (Å²) in [5.41, 5.74) is 0.217. The van der Waals surface area contributed by atoms with Crippen molar-refractivity contribution in [3.63, 3.8) is 0 Å². The lowest BCUT2D eigenvalue weighted by Gasteiger charge is -2.08. The Hall–Kier alpha value is -2.42. The first-order chi connectivity index (χ1) is 9.79. The van der Waals surface area contributed by atoms with Crippen molar-refractivity contribution in [2.75, 3.05) is 5.75 Å². The zero-order valence-corrected chi connectivity index (χ0v) is 12.0. The van der Waals surface area contributed by atoms with E-state index >= 15 is 0 Å². The lowest BCUT2D eigenvalue weighted by Crippen LogP contribution is -2.18. The molecule has 0 saturated heterocycles. The molecule has 0 aliphatic heterocycles. The van der Waals surface area contributed by atoms with Gasteiger partial charge in [-0.25, -0.2) is 4.79 Å². The van der Waals surface area contributed by atoms with Crippen LogP contribution in [0, 0.1) is 10.1 Å². The molecule has 0 aliphatic rings. The number of hydrogen-bond acceptors (Lipinski definition) is 7. The van der Waals surface area contributed by atoms with Gasteiger partial charge in [-0.15, -0.1) is 6.58 Å². The second kappa shape index (κ2) is 6.84. The predicted molar refractivity (Wildman–Crippen MR) is 73.6 cm³/mol. The molecule has 0 N–H and O–H groups in total. The third-order valence-electron chi connectivity index (χ3n) is 2.35. The van der Waals surface area contributed by atoms with Crippen LogP contribution in [0.25, 0.3) is 0 Å². The summed E-state index contributed by atoms with van der Waals surface area (Å²) in [6.07, 6.45) is -0.0178. The molecule has 0 radical (unpaired) electrons. The maximum atomic E-state index is 11.4. The topological polar surface area (TPSA) is 113 Å². The number of nitro benzene ring substituents is 1. The lowest BCUT2D eigenvalue weighted by molar-refractivity contribution is -0.384. The summed E-state index contributed by atoms with van der Waals surface area (Å²) in [7, 11) is -4.09. The Morgan fingerprint density at radius 3 is 2.67 bits per heavy atom. The monoisotopic (exact) mass is 315 g/mol. The fourth-order valence-corrected chi connectivity index (χ4v) is 2.04. The second-order valence-corrected chi connectivity index (χ2v) is 5.47. The highest BCUT2D eigenvalue weighted by Crippen LogP contribution is 2.25. The van der Waals surface area contributed by atoms with Crippen LogP contribution in [0.1, 0.15) is 12.5 Å². The van der Waals surface area contributed by atoms with Crippen molar-refractivity contribution in [1.82, 2.24) is 0 Å². The summed E-state index contributed by atoms with van der Waals surface area (Å²) in [6, 6.07) is 3.58. The molecule has 0 aliphatic carbocycles. The van der Waals surface area contributed by atoms with Crippen molar-refractivity contribution in [2.24, 2.45) is 0 Å². The summed E-state index contributed by atoms with van der Waals surface area (Å²) < 4.78 is 31.4. The van der Waals surface area contributed by atoms with Crippen LogP contribution in [0.3, 0.4) is 0 Å². The van der Waals surface area contributed by atoms with E-state index in [1.54, 1.807) is 6.92 Å². The maximum Gasteiger partial charge on any atom is 0.529 e. The minimum absolute atomic E-state index is 0.00176. The molecule has 8 nitrogen and oxygen atoms in total. The first kappa shape index (κ1) is 16.6. The van der Waals surface area contributed by atoms with E-state index in [9.17, 15) is 23.3 Å². The molecular weight excluding hydrogens is 302 g/mol. The van der Waals surface area contributed by atoms with Crippen LogP contribution in [0.2, 0.25) is 0 Å². The van der Waals surface area contributed by atoms with E-state index in [0.717, 1.165) is 12.1 Å². The number of nitrogens with zero attached hydrogens (tertiary/aromatic N) is 1. The molecule has 0 saturated carbocycles. The zero-order valence-electron chi connectivity index (χ0n) is 11.1. The Morgan fingerprint density at radius 1 is 1.48 bits per heavy atom. The molecule has 0 amide bonds. The number of aryl methyl sites for hydroxylation is 1. The third kappa shape index (κ3) is 4.88. The molecule has 0 heterocycles. The van der Waals surface area contributed by atoms with Crippen molar-refractivity contribution in [3.8, 4) is 5.75 Å². The van der Waals surface area contributed by atoms with Crippen molar-refractivity contribution in [3.05, 3.63) is 46.5 Å². The van der Waals surface area contributed by atoms with Gasteiger partial charge in [0.15, 0.2) is 0 Å². The minimum atomic E-state index is -4.09. The molecule has 0 bridgehead atoms. The average Bonchev–Trinajstić information content (AvgIpc) is 2.37. The van der Waals surface area contributed by atoms with Gasteiger partial charge >= 0.3 is 16.3 Å². The van der Waals surface area contributed by atoms with Gasteiger partial charge in [-0.05, 0) is 12.5 Å². The molecule has 0 atom stereocenters. The first-order valence-electron chi connectivity index (χ1n) is 5.81. The van der Waals surface area contributed by atoms with Crippen LogP contribution in [-0.2, 0) is 20.7 Å². The Kier molecular flexibility index (Phi) is 5.42. The van der Waals surface area contributed by atoms with E-state index in [2.05, 4.69) is 10.8 Å². The molecule has 1 aromatic carbocycles. The first-order valence-corrected chi connectivity index (χ1v) is 7.39. The average molecular weight is 315 g/mol. The lowest BCUT2D eigenvalue weighted by atomic mass is 10.1. The number of non-ortho nitro benzene ring substituents is 1. The molecule has 1 aromatic rings. The number of rotatable bonds is 6. The van der Waals surface area contributed by atoms with E-state index in [-0.39, 0.29) is 11.4 Å². The number of nitro groups is 1. The summed E-state index contributed by atoms with van der Waals surface area (Å²) in [4.78, 5) is 21.5. The van der Waals surface area contributed by atoms with E-state index in [4.69, 9.17) is 4.74 Å². The number of hydrogen-bond donors (Lipinski definition) is 0. The molecule has 114 valence electrons. The molecule has 0 spiro atoms. The quantitative estimate of drug-likeness (QED) is 0.197. The highest BCUT2D eigenvalue weighted by atomic mass is 32.2. The van der Waals surface area contributed by atoms with Gasteiger partial charge in [-0.3, -0.25) is 10.1 Å². The van der Waals surface area contributed by atoms with Gasteiger partial charge in [-0.2, -0.15) is 8.42 Å². The van der Waals surface area contributed by atoms with E-state index in [1.165, 1.54) is 12.1 Å². The fraction of sp³-hybridized carbons (Fsp3) is 0.250. The van der Waals surface area contributed by atoms with Gasteiger partial charge in [-0.1, -0.05) is 13.0 Å². The predicted octanol–water partition coefficient (Wildman–Crippen LogP) is 2.19. The van der Waals surface area contributed by atoms with Crippen LogP contribution in [0.15, 0.2) is 30.9 Å². The molecule has 0 fully saturated rings. The highest BCUT2D eigenvalue weighted by molar-refractivity contribution is 7.87. The second-order valence-electron chi connectivity index (χ2n) is 3.85. The summed E-state index contributed by atoms with van der Waals surface area (Å²) in [5.74, 6) is -0.537. The Morgan fingerprint density at radius 2 is 2.14 bits per heavy atom. The molecule has 21 heavy (non-hydrogen) atoms. The van der Waals surface area contributed by atoms with Crippen molar-refractivity contribution in [2.45, 2.75) is 13.3 Å². The van der Waals surface area contributed by atoms with Gasteiger partial charge in [0.2, 0.25) is 0 Å². The molecule has 0 unspecified atom stereocenters. The van der Waals surface area contributed by atoms with Crippen LogP contribution < -0.4 is 4.74 Å². The van der Waals surface area contributed by atoms with Crippen LogP contribution in [0.4, 0.5) is 10.5 Å². The summed E-state index contributed by atoms with van der Waals surface area (Å²) in [5, 5.41) is 10.6. The molecule has 9 heteroatoms. The van der Waals surface area contributed by atoms with Crippen LogP contribution >= 0.6 is 0 Å². The van der Waals surface area contributed by atoms with Crippen molar-refractivity contribution in [1.29, 1.82) is 0 Å². The van der Waals surface area contributed by atoms with Gasteiger partial charge < -0.3 is 8.92 Å². The Bertz CT molecular complexity index is 666. The smallest absolute Gasteiger partial charge is 0.394 e. The zero-order chi connectivity index (χ0) is 16.0. The SMILES string of the molecule is C=CCS(=O)(=O)OC(=O)Oc1ccc([N+](=O)[O-])cc1CC. The fourth-order valence-electron chi connectivity index (χ4n) is 1.44. The van der Waals surface area contributed by atoms with E-state index in [0.29, 0.717) is 12.0 Å². The highest BCUT2D eigenvalue weighted by Gasteiger charge is 2.19. The summed E-state index contributed by atoms with van der Waals surface area (Å²) >= 11 is 0. The number of carbonyl (C=O) groups is 1. The van der Waals surface area contributed by atoms with E-state index < -0.39 is 26.9 Å². The number of ether oxygens (including phenoxy) is 1. The molecule has 1 rings (SSSR count). The van der Waals surface area contributed by atoms with Gasteiger partial charge in [0.25, 0.3) is 5.69 Å². The molecular formula is C12H13NO7S. The standard InChI is InChI=1S/C12H13NO7S/c1-3-7-21(17,18)20-12(14)19-11-6-5-10(13(15)16)8-9(11)4-2/h3,5-6,8H,1,4,7H2,2H3. The van der Waals surface area contributed by atoms with Crippen LogP contribution in [-0.4, -0.2) is 25.2 Å². The third-order valence-corrected chi connectivity index (χ3v) is 3.38. The maximum absolute atomic E-state index is 11.4. The molecule has 0 aromatic heterocycles. The van der Waals surface area contributed by atoms with Crippen molar-refractivity contribution < 1.29 is 27.1 Å². The summed E-state index contributed by atoms with van der Waals surface area (Å²) in [6.45, 7) is 4.92. The normalized spacial score (nSPS) is 10.7. The number of carbonyl (C=O) groups excluding carboxylic acids is 1. The van der Waals surface area contributed by atoms with Gasteiger partial charge in [0.05, 0.1) is 4.92 Å². The Labute approximate surface area is 121 Å².